The van der Waals surface area contributed by atoms with Gasteiger partial charge in [-0.2, -0.15) is 0 Å². The number of likely N-dealkylation sites (tertiary alicyclic amines) is 1. The highest BCUT2D eigenvalue weighted by Crippen LogP contribution is 2.10. The van der Waals surface area contributed by atoms with Crippen LogP contribution in [0.2, 0.25) is 0 Å². The number of likely N-dealkylation sites (N-methyl/N-ethyl adjacent to an activating group) is 1. The van der Waals surface area contributed by atoms with E-state index in [9.17, 15) is 14.4 Å². The van der Waals surface area contributed by atoms with Crippen LogP contribution in [0.15, 0.2) is 0 Å². The Bertz CT molecular complexity index is 290. The third-order valence-corrected chi connectivity index (χ3v) is 2.26. The number of nitrogens with two attached hydrogens (primary N) is 1. The van der Waals surface area contributed by atoms with Gasteiger partial charge in [0.15, 0.2) is 0 Å². The summed E-state index contributed by atoms with van der Waals surface area (Å²) in [6.45, 7) is 1.55. The summed E-state index contributed by atoms with van der Waals surface area (Å²) in [5, 5.41) is 2.70. The number of carbonyl (C=O) groups excluding carboxylic acids is 3. The number of carbonyl (C=O) groups is 3. The molecule has 14 heavy (non-hydrogen) atoms. The molecular formula is C8H13N3O3. The van der Waals surface area contributed by atoms with Gasteiger partial charge in [-0.25, -0.2) is 0 Å². The lowest BCUT2D eigenvalue weighted by Gasteiger charge is -2.14. The predicted molar refractivity (Wildman–Crippen MR) is 48.0 cm³/mol. The first kappa shape index (κ1) is 10.6. The van der Waals surface area contributed by atoms with Gasteiger partial charge >= 0.3 is 0 Å². The Hall–Kier alpha value is -1.43. The van der Waals surface area contributed by atoms with Crippen molar-refractivity contribution in [3.05, 3.63) is 0 Å². The molecule has 1 rings (SSSR count). The minimum atomic E-state index is -0.616. The third-order valence-electron chi connectivity index (χ3n) is 2.26. The number of imide groups is 1. The highest BCUT2D eigenvalue weighted by molar-refractivity contribution is 6.05. The number of hydrogen-bond acceptors (Lipinski definition) is 4. The van der Waals surface area contributed by atoms with Crippen LogP contribution in [-0.2, 0) is 14.4 Å². The van der Waals surface area contributed by atoms with Crippen LogP contribution in [0, 0.1) is 0 Å². The van der Waals surface area contributed by atoms with Crippen molar-refractivity contribution < 1.29 is 14.4 Å². The average molecular weight is 199 g/mol. The molecule has 0 bridgehead atoms. The summed E-state index contributed by atoms with van der Waals surface area (Å²) in [7, 11) is 1.42. The van der Waals surface area contributed by atoms with Gasteiger partial charge in [-0.05, 0) is 6.92 Å². The Balaban J connectivity index is 2.60. The van der Waals surface area contributed by atoms with Gasteiger partial charge in [0.1, 0.15) is 0 Å². The number of nitrogens with zero attached hydrogens (tertiary/aromatic N) is 1. The molecule has 6 nitrogen and oxygen atoms in total. The Morgan fingerprint density at radius 3 is 2.57 bits per heavy atom. The van der Waals surface area contributed by atoms with E-state index in [2.05, 4.69) is 5.32 Å². The van der Waals surface area contributed by atoms with Crippen LogP contribution in [0.4, 0.5) is 0 Å². The lowest BCUT2D eigenvalue weighted by Crippen LogP contribution is -2.47. The van der Waals surface area contributed by atoms with Crippen LogP contribution >= 0.6 is 0 Å². The van der Waals surface area contributed by atoms with Crippen molar-refractivity contribution in [3.63, 3.8) is 0 Å². The molecule has 1 aliphatic heterocycles. The van der Waals surface area contributed by atoms with Crippen molar-refractivity contribution in [3.8, 4) is 0 Å². The maximum atomic E-state index is 11.4. The van der Waals surface area contributed by atoms with E-state index < -0.39 is 18.0 Å². The molecule has 0 saturated carbocycles. The standard InChI is InChI=1S/C8H13N3O3/c1-4(7(9)13)10-5-3-6(12)11(2)8(5)14/h4-5,10H,3H2,1-2H3,(H2,9,13). The van der Waals surface area contributed by atoms with E-state index >= 15 is 0 Å². The second-order valence-corrected chi connectivity index (χ2v) is 3.34. The number of nitrogens with one attached hydrogen (secondary N) is 1. The summed E-state index contributed by atoms with van der Waals surface area (Å²) in [4.78, 5) is 34.2. The van der Waals surface area contributed by atoms with Gasteiger partial charge in [-0.3, -0.25) is 24.6 Å². The minimum Gasteiger partial charge on any atom is -0.368 e. The monoisotopic (exact) mass is 199 g/mol. The number of amides is 3. The lowest BCUT2D eigenvalue weighted by molar-refractivity contribution is -0.137. The van der Waals surface area contributed by atoms with Crippen molar-refractivity contribution in [2.75, 3.05) is 7.05 Å². The molecule has 0 radical (unpaired) electrons. The normalized spacial score (nSPS) is 24.1. The predicted octanol–water partition coefficient (Wildman–Crippen LogP) is -1.79. The summed E-state index contributed by atoms with van der Waals surface area (Å²) >= 11 is 0. The molecule has 1 fully saturated rings. The van der Waals surface area contributed by atoms with Crippen LogP contribution in [0.3, 0.4) is 0 Å². The maximum Gasteiger partial charge on any atom is 0.246 e. The molecule has 2 atom stereocenters. The molecular weight excluding hydrogens is 186 g/mol. The second-order valence-electron chi connectivity index (χ2n) is 3.34. The topological polar surface area (TPSA) is 92.5 Å². The van der Waals surface area contributed by atoms with Crippen LogP contribution in [0.25, 0.3) is 0 Å². The van der Waals surface area contributed by atoms with Crippen LogP contribution < -0.4 is 11.1 Å². The molecule has 1 saturated heterocycles. The van der Waals surface area contributed by atoms with E-state index in [0.717, 1.165) is 4.90 Å². The highest BCUT2D eigenvalue weighted by Gasteiger charge is 2.36. The van der Waals surface area contributed by atoms with Gasteiger partial charge in [0.2, 0.25) is 17.7 Å². The Kier molecular flexibility index (Phi) is 2.85. The second kappa shape index (κ2) is 3.75. The van der Waals surface area contributed by atoms with Gasteiger partial charge in [0, 0.05) is 7.05 Å². The molecule has 0 aliphatic carbocycles. The Morgan fingerprint density at radius 1 is 1.64 bits per heavy atom. The number of hydrogen-bond donors (Lipinski definition) is 2. The van der Waals surface area contributed by atoms with E-state index in [-0.39, 0.29) is 18.2 Å². The van der Waals surface area contributed by atoms with Crippen molar-refractivity contribution in [1.29, 1.82) is 0 Å². The van der Waals surface area contributed by atoms with E-state index in [4.69, 9.17) is 5.73 Å². The number of rotatable bonds is 3. The summed E-state index contributed by atoms with van der Waals surface area (Å²) in [5.41, 5.74) is 5.02. The quantitative estimate of drug-likeness (QED) is 0.525. The fraction of sp³-hybridized carbons (Fsp3) is 0.625. The van der Waals surface area contributed by atoms with Crippen molar-refractivity contribution in [2.45, 2.75) is 25.4 Å². The summed E-state index contributed by atoms with van der Waals surface area (Å²) in [5.74, 6) is -1.10. The van der Waals surface area contributed by atoms with E-state index in [1.165, 1.54) is 7.05 Å². The molecule has 1 heterocycles. The van der Waals surface area contributed by atoms with E-state index in [0.29, 0.717) is 0 Å². The largest absolute Gasteiger partial charge is 0.368 e. The molecule has 1 aliphatic rings. The summed E-state index contributed by atoms with van der Waals surface area (Å²) < 4.78 is 0. The molecule has 0 aromatic carbocycles. The molecule has 78 valence electrons. The van der Waals surface area contributed by atoms with E-state index in [1.807, 2.05) is 0 Å². The van der Waals surface area contributed by atoms with Crippen molar-refractivity contribution >= 4 is 17.7 Å². The maximum absolute atomic E-state index is 11.4. The Morgan fingerprint density at radius 2 is 2.21 bits per heavy atom. The first-order valence-electron chi connectivity index (χ1n) is 4.29. The average Bonchev–Trinajstić information content (AvgIpc) is 2.33. The molecule has 3 amide bonds. The van der Waals surface area contributed by atoms with Crippen LogP contribution in [-0.4, -0.2) is 41.8 Å². The van der Waals surface area contributed by atoms with Crippen LogP contribution in [0.5, 0.6) is 0 Å². The zero-order chi connectivity index (χ0) is 10.9. The molecule has 3 N–H and O–H groups in total. The van der Waals surface area contributed by atoms with Crippen LogP contribution in [0.1, 0.15) is 13.3 Å². The molecule has 2 unspecified atom stereocenters. The first-order chi connectivity index (χ1) is 6.43. The summed E-state index contributed by atoms with van der Waals surface area (Å²) in [6.07, 6.45) is 0.0902. The lowest BCUT2D eigenvalue weighted by atomic mass is 10.2. The van der Waals surface area contributed by atoms with Gasteiger partial charge in [-0.1, -0.05) is 0 Å². The van der Waals surface area contributed by atoms with Gasteiger partial charge in [0.25, 0.3) is 0 Å². The summed E-state index contributed by atoms with van der Waals surface area (Å²) in [6, 6.07) is -1.22. The van der Waals surface area contributed by atoms with E-state index in [1.54, 1.807) is 6.92 Å². The minimum absolute atomic E-state index is 0.0902. The van der Waals surface area contributed by atoms with Gasteiger partial charge in [-0.15, -0.1) is 0 Å². The smallest absolute Gasteiger partial charge is 0.246 e. The van der Waals surface area contributed by atoms with Gasteiger partial charge in [0.05, 0.1) is 18.5 Å². The zero-order valence-corrected chi connectivity index (χ0v) is 8.11. The fourth-order valence-corrected chi connectivity index (χ4v) is 1.27. The van der Waals surface area contributed by atoms with Crippen molar-refractivity contribution in [1.82, 2.24) is 10.2 Å². The molecule has 0 spiro atoms. The Labute approximate surface area is 81.4 Å². The SMILES string of the molecule is CC(NC1CC(=O)N(C)C1=O)C(N)=O. The highest BCUT2D eigenvalue weighted by atomic mass is 16.2. The van der Waals surface area contributed by atoms with Gasteiger partial charge < -0.3 is 5.73 Å². The number of primary amides is 1. The zero-order valence-electron chi connectivity index (χ0n) is 8.11. The first-order valence-corrected chi connectivity index (χ1v) is 4.29. The van der Waals surface area contributed by atoms with Crippen molar-refractivity contribution in [2.24, 2.45) is 5.73 Å². The third kappa shape index (κ3) is 1.90. The molecule has 0 aromatic rings. The molecule has 6 heteroatoms. The fourth-order valence-electron chi connectivity index (χ4n) is 1.27. The molecule has 0 aromatic heterocycles.